The van der Waals surface area contributed by atoms with E-state index in [2.05, 4.69) is 0 Å². The van der Waals surface area contributed by atoms with Crippen molar-refractivity contribution < 1.29 is 22.4 Å². The molecule has 4 aromatic rings. The van der Waals surface area contributed by atoms with Crippen molar-refractivity contribution in [2.24, 2.45) is 0 Å². The van der Waals surface area contributed by atoms with E-state index in [9.17, 15) is 18.0 Å². The fourth-order valence-corrected chi connectivity index (χ4v) is 6.86. The molecule has 1 saturated heterocycles. The Morgan fingerprint density at radius 3 is 2.50 bits per heavy atom. The van der Waals surface area contributed by atoms with Gasteiger partial charge in [0.05, 0.1) is 28.5 Å². The molecule has 0 radical (unpaired) electrons. The van der Waals surface area contributed by atoms with Crippen LogP contribution in [0.25, 0.3) is 11.0 Å². The van der Waals surface area contributed by atoms with Gasteiger partial charge in [0.15, 0.2) is 15.3 Å². The molecule has 0 saturated carbocycles. The minimum absolute atomic E-state index is 0.00802. The maximum atomic E-state index is 13.6. The zero-order chi connectivity index (χ0) is 24.9. The normalized spacial score (nSPS) is 20.6. The van der Waals surface area contributed by atoms with Gasteiger partial charge in [-0.25, -0.2) is 8.42 Å². The lowest BCUT2D eigenvalue weighted by Gasteiger charge is -2.30. The molecular formula is C28H23NO6S. The zero-order valence-electron chi connectivity index (χ0n) is 19.3. The van der Waals surface area contributed by atoms with Gasteiger partial charge in [-0.05, 0) is 41.8 Å². The van der Waals surface area contributed by atoms with Crippen LogP contribution in [0, 0.1) is 0 Å². The van der Waals surface area contributed by atoms with Crippen LogP contribution in [0.5, 0.6) is 5.75 Å². The number of rotatable bonds is 5. The molecule has 1 amide bonds. The molecule has 8 heteroatoms. The number of benzene rings is 3. The lowest BCUT2D eigenvalue weighted by molar-refractivity contribution is 0.0662. The van der Waals surface area contributed by atoms with Crippen LogP contribution in [-0.4, -0.2) is 36.8 Å². The van der Waals surface area contributed by atoms with E-state index in [4.69, 9.17) is 9.15 Å². The number of nitrogens with zero attached hydrogens (tertiary/aromatic N) is 1. The van der Waals surface area contributed by atoms with Crippen LogP contribution in [0.3, 0.4) is 0 Å². The molecule has 6 rings (SSSR count). The predicted molar refractivity (Wildman–Crippen MR) is 135 cm³/mol. The Morgan fingerprint density at radius 2 is 1.72 bits per heavy atom. The molecule has 0 bridgehead atoms. The number of sulfone groups is 1. The molecule has 1 aromatic heterocycles. The highest BCUT2D eigenvalue weighted by Gasteiger charge is 2.48. The molecule has 3 aromatic carbocycles. The van der Waals surface area contributed by atoms with Gasteiger partial charge in [-0.15, -0.1) is 0 Å². The Labute approximate surface area is 207 Å². The van der Waals surface area contributed by atoms with E-state index in [0.29, 0.717) is 35.3 Å². The second-order valence-electron chi connectivity index (χ2n) is 9.19. The first-order valence-corrected chi connectivity index (χ1v) is 13.6. The highest BCUT2D eigenvalue weighted by molar-refractivity contribution is 7.91. The van der Waals surface area contributed by atoms with Crippen LogP contribution in [0.4, 0.5) is 0 Å². The maximum Gasteiger partial charge on any atom is 0.291 e. The van der Waals surface area contributed by atoms with E-state index >= 15 is 0 Å². The Morgan fingerprint density at radius 1 is 0.944 bits per heavy atom. The zero-order valence-corrected chi connectivity index (χ0v) is 20.1. The number of hydrogen-bond donors (Lipinski definition) is 0. The van der Waals surface area contributed by atoms with Gasteiger partial charge in [-0.1, -0.05) is 54.6 Å². The predicted octanol–water partition coefficient (Wildman–Crippen LogP) is 4.10. The van der Waals surface area contributed by atoms with Gasteiger partial charge in [0, 0.05) is 6.04 Å². The monoisotopic (exact) mass is 501 g/mol. The molecule has 182 valence electrons. The van der Waals surface area contributed by atoms with Crippen molar-refractivity contribution in [2.45, 2.75) is 25.1 Å². The number of para-hydroxylation sites is 1. The fourth-order valence-electron chi connectivity index (χ4n) is 5.15. The summed E-state index contributed by atoms with van der Waals surface area (Å²) in [5.41, 5.74) is 1.95. The summed E-state index contributed by atoms with van der Waals surface area (Å²) >= 11 is 0. The van der Waals surface area contributed by atoms with E-state index < -0.39 is 27.8 Å². The van der Waals surface area contributed by atoms with Gasteiger partial charge >= 0.3 is 0 Å². The molecule has 3 heterocycles. The van der Waals surface area contributed by atoms with E-state index in [0.717, 1.165) is 5.56 Å². The van der Waals surface area contributed by atoms with Gasteiger partial charge in [0.2, 0.25) is 5.76 Å². The smallest absolute Gasteiger partial charge is 0.291 e. The summed E-state index contributed by atoms with van der Waals surface area (Å²) in [7, 11) is -3.27. The summed E-state index contributed by atoms with van der Waals surface area (Å²) in [4.78, 5) is 28.8. The molecule has 2 unspecified atom stereocenters. The third-order valence-corrected chi connectivity index (χ3v) is 8.59. The number of hydrogen-bond acceptors (Lipinski definition) is 6. The highest BCUT2D eigenvalue weighted by atomic mass is 32.2. The van der Waals surface area contributed by atoms with Crippen LogP contribution in [0.15, 0.2) is 88.1 Å². The Kier molecular flexibility index (Phi) is 5.41. The van der Waals surface area contributed by atoms with Crippen molar-refractivity contribution in [3.05, 3.63) is 112 Å². The number of fused-ring (bicyclic) bond motifs is 2. The number of carbonyl (C=O) groups is 1. The van der Waals surface area contributed by atoms with Crippen LogP contribution in [0.2, 0.25) is 0 Å². The summed E-state index contributed by atoms with van der Waals surface area (Å²) in [6.07, 6.45) is 0.316. The average Bonchev–Trinajstić information content (AvgIpc) is 3.40. The van der Waals surface area contributed by atoms with Crippen LogP contribution in [-0.2, 0) is 16.4 Å². The summed E-state index contributed by atoms with van der Waals surface area (Å²) in [5.74, 6) is -0.0320. The number of amides is 1. The van der Waals surface area contributed by atoms with Crippen molar-refractivity contribution in [1.82, 2.24) is 4.90 Å². The van der Waals surface area contributed by atoms with Crippen LogP contribution >= 0.6 is 0 Å². The summed E-state index contributed by atoms with van der Waals surface area (Å²) in [6.45, 7) is 0.363. The molecule has 0 spiro atoms. The van der Waals surface area contributed by atoms with Crippen molar-refractivity contribution in [3.63, 3.8) is 0 Å². The molecule has 0 aliphatic carbocycles. The first-order chi connectivity index (χ1) is 17.4. The largest absolute Gasteiger partial charge is 0.489 e. The lowest BCUT2D eigenvalue weighted by atomic mass is 9.97. The molecule has 2 aliphatic rings. The molecular weight excluding hydrogens is 478 g/mol. The van der Waals surface area contributed by atoms with Gasteiger partial charge in [-0.3, -0.25) is 9.59 Å². The summed E-state index contributed by atoms with van der Waals surface area (Å²) < 4.78 is 36.6. The standard InChI is InChI=1S/C28H23NO6S/c30-26-22-11-4-5-12-23(22)35-27-24(26)25(29(28(27)31)20-13-14-36(32,33)17-20)19-9-6-10-21(15-19)34-16-18-7-2-1-3-8-18/h1-12,15,20,25H,13-14,16-17H2. The van der Waals surface area contributed by atoms with E-state index in [-0.39, 0.29) is 28.3 Å². The number of ether oxygens (including phenoxy) is 1. The molecule has 0 N–H and O–H groups in total. The van der Waals surface area contributed by atoms with E-state index in [1.807, 2.05) is 48.5 Å². The summed E-state index contributed by atoms with van der Waals surface area (Å²) in [6, 6.07) is 22.5. The maximum absolute atomic E-state index is 13.6. The third kappa shape index (κ3) is 3.87. The molecule has 36 heavy (non-hydrogen) atoms. The van der Waals surface area contributed by atoms with Crippen LogP contribution in [0.1, 0.15) is 39.7 Å². The molecule has 2 atom stereocenters. The van der Waals surface area contributed by atoms with Gasteiger partial charge in [0.1, 0.15) is 17.9 Å². The second-order valence-corrected chi connectivity index (χ2v) is 11.4. The van der Waals surface area contributed by atoms with E-state index in [1.54, 1.807) is 30.3 Å². The third-order valence-electron chi connectivity index (χ3n) is 6.84. The van der Waals surface area contributed by atoms with Crippen molar-refractivity contribution >= 4 is 26.7 Å². The minimum Gasteiger partial charge on any atom is -0.489 e. The van der Waals surface area contributed by atoms with Gasteiger partial charge in [0.25, 0.3) is 5.91 Å². The molecule has 1 fully saturated rings. The Balaban J connectivity index is 1.46. The Hall–Kier alpha value is -3.91. The quantitative estimate of drug-likeness (QED) is 0.409. The highest BCUT2D eigenvalue weighted by Crippen LogP contribution is 2.42. The average molecular weight is 502 g/mol. The van der Waals surface area contributed by atoms with Crippen molar-refractivity contribution in [3.8, 4) is 5.75 Å². The topological polar surface area (TPSA) is 93.9 Å². The lowest BCUT2D eigenvalue weighted by Crippen LogP contribution is -2.40. The Bertz CT molecular complexity index is 1640. The number of carbonyl (C=O) groups excluding carboxylic acids is 1. The van der Waals surface area contributed by atoms with Crippen LogP contribution < -0.4 is 10.2 Å². The fraction of sp³-hybridized carbons (Fsp3) is 0.214. The minimum atomic E-state index is -3.27. The molecule has 2 aliphatic heterocycles. The van der Waals surface area contributed by atoms with Gasteiger partial charge in [-0.2, -0.15) is 0 Å². The summed E-state index contributed by atoms with van der Waals surface area (Å²) in [5, 5.41) is 0.381. The first kappa shape index (κ1) is 22.5. The van der Waals surface area contributed by atoms with Crippen molar-refractivity contribution in [2.75, 3.05) is 11.5 Å². The SMILES string of the molecule is O=C1c2oc3ccccc3c(=O)c2C(c2cccc(OCc3ccccc3)c2)N1C1CCS(=O)(=O)C1. The van der Waals surface area contributed by atoms with Crippen molar-refractivity contribution in [1.29, 1.82) is 0 Å². The first-order valence-electron chi connectivity index (χ1n) is 11.8. The molecule has 7 nitrogen and oxygen atoms in total. The second kappa shape index (κ2) is 8.64. The van der Waals surface area contributed by atoms with Gasteiger partial charge < -0.3 is 14.1 Å². The van der Waals surface area contributed by atoms with E-state index in [1.165, 1.54) is 4.90 Å².